The molecule has 4 unspecified atom stereocenters. The SMILES string of the molecule is CC1=C(C)C(C)[PH]([Zr][PH]2=C(C)C(C)=C(C)C2C)=C1C. The van der Waals surface area contributed by atoms with Gasteiger partial charge in [-0.25, -0.2) is 0 Å². The fourth-order valence-electron chi connectivity index (χ4n) is 3.28. The van der Waals surface area contributed by atoms with Gasteiger partial charge in [0.05, 0.1) is 0 Å². The summed E-state index contributed by atoms with van der Waals surface area (Å²) in [6.07, 6.45) is 0. The topological polar surface area (TPSA) is 0 Å². The Balaban J connectivity index is 2.32. The molecule has 3 heteroatoms. The van der Waals surface area contributed by atoms with Crippen LogP contribution in [0.15, 0.2) is 22.3 Å². The zero-order valence-corrected chi connectivity index (χ0v) is 18.1. The first kappa shape index (κ1) is 16.3. The molecule has 0 saturated heterocycles. The Labute approximate surface area is 131 Å². The third-order valence-corrected chi connectivity index (χ3v) is 36.5. The van der Waals surface area contributed by atoms with Gasteiger partial charge < -0.3 is 0 Å². The molecular weight excluding hydrogens is 345 g/mol. The van der Waals surface area contributed by atoms with Gasteiger partial charge in [-0.3, -0.25) is 0 Å². The number of allylic oxidation sites excluding steroid dienone is 4. The van der Waals surface area contributed by atoms with Gasteiger partial charge in [-0.2, -0.15) is 0 Å². The van der Waals surface area contributed by atoms with Crippen LogP contribution in [0.1, 0.15) is 55.4 Å². The van der Waals surface area contributed by atoms with Crippen LogP contribution in [0.4, 0.5) is 0 Å². The van der Waals surface area contributed by atoms with E-state index in [4.69, 9.17) is 0 Å². The second kappa shape index (κ2) is 5.99. The van der Waals surface area contributed by atoms with Crippen LogP contribution in [0.2, 0.25) is 0 Å². The minimum absolute atomic E-state index is 0.149. The maximum atomic E-state index is 2.52. The summed E-state index contributed by atoms with van der Waals surface area (Å²) in [6.45, 7) is 19.5. The van der Waals surface area contributed by atoms with Crippen LogP contribution in [-0.4, -0.2) is 21.9 Å². The normalized spacial score (nSPS) is 35.8. The van der Waals surface area contributed by atoms with Crippen LogP contribution in [0.3, 0.4) is 0 Å². The zero-order chi connectivity index (χ0) is 14.5. The summed E-state index contributed by atoms with van der Waals surface area (Å²) in [5, 5.41) is 3.70. The van der Waals surface area contributed by atoms with Crippen molar-refractivity contribution in [2.45, 2.75) is 66.7 Å². The van der Waals surface area contributed by atoms with Crippen molar-refractivity contribution in [3.05, 3.63) is 22.3 Å². The van der Waals surface area contributed by atoms with Crippen LogP contribution < -0.4 is 0 Å². The van der Waals surface area contributed by atoms with E-state index in [0.29, 0.717) is 0 Å². The molecule has 0 aromatic rings. The Morgan fingerprint density at radius 1 is 0.684 bits per heavy atom. The molecule has 2 heterocycles. The fraction of sp³-hybridized carbons (Fsp3) is 0.625. The summed E-state index contributed by atoms with van der Waals surface area (Å²) in [6, 6.07) is 0. The molecular formula is C16H28P2Zr. The average Bonchev–Trinajstić information content (AvgIpc) is 2.68. The first-order valence-corrected chi connectivity index (χ1v) is 17.8. The Morgan fingerprint density at radius 3 is 1.21 bits per heavy atom. The first-order chi connectivity index (χ1) is 8.77. The molecule has 0 bridgehead atoms. The summed E-state index contributed by atoms with van der Waals surface area (Å²) >= 11 is -0.231. The number of hydrogen-bond acceptors (Lipinski definition) is 0. The minimum atomic E-state index is -0.231. The van der Waals surface area contributed by atoms with Crippen molar-refractivity contribution >= 4 is 20.3 Å². The van der Waals surface area contributed by atoms with Crippen molar-refractivity contribution in [3.63, 3.8) is 0 Å². The van der Waals surface area contributed by atoms with E-state index in [0.717, 1.165) is 11.3 Å². The number of rotatable bonds is 2. The molecule has 0 aromatic heterocycles. The molecule has 106 valence electrons. The van der Waals surface area contributed by atoms with Crippen molar-refractivity contribution in [1.82, 2.24) is 0 Å². The molecule has 0 radical (unpaired) electrons. The van der Waals surface area contributed by atoms with Crippen LogP contribution in [-0.2, 0) is 22.1 Å². The summed E-state index contributed by atoms with van der Waals surface area (Å²) in [7, 11) is 0. The van der Waals surface area contributed by atoms with Gasteiger partial charge in [0.2, 0.25) is 0 Å². The second-order valence-electron chi connectivity index (χ2n) is 6.26. The molecule has 2 rings (SSSR count). The molecule has 0 N–H and O–H groups in total. The van der Waals surface area contributed by atoms with E-state index in [-0.39, 0.29) is 31.7 Å². The molecule has 0 amide bonds. The van der Waals surface area contributed by atoms with E-state index in [1.54, 1.807) is 22.3 Å². The Hall–Kier alpha value is 0.963. The van der Waals surface area contributed by atoms with Crippen molar-refractivity contribution in [1.29, 1.82) is 0 Å². The maximum absolute atomic E-state index is 2.52. The Bertz CT molecular complexity index is 511. The van der Waals surface area contributed by atoms with Crippen LogP contribution >= 0.6 is 9.68 Å². The molecule has 0 aliphatic carbocycles. The molecule has 2 aliphatic heterocycles. The summed E-state index contributed by atoms with van der Waals surface area (Å²) in [4.78, 5) is -0.298. The molecule has 4 atom stereocenters. The van der Waals surface area contributed by atoms with Gasteiger partial charge in [0.25, 0.3) is 0 Å². The Morgan fingerprint density at radius 2 is 1.00 bits per heavy atom. The Kier molecular flexibility index (Phi) is 5.15. The van der Waals surface area contributed by atoms with E-state index in [2.05, 4.69) is 55.4 Å². The summed E-state index contributed by atoms with van der Waals surface area (Å²) < 4.78 is 0. The van der Waals surface area contributed by atoms with Gasteiger partial charge in [0.15, 0.2) is 0 Å². The predicted molar refractivity (Wildman–Crippen MR) is 93.7 cm³/mol. The van der Waals surface area contributed by atoms with Gasteiger partial charge in [-0.05, 0) is 0 Å². The van der Waals surface area contributed by atoms with Gasteiger partial charge in [0, 0.05) is 0 Å². The molecule has 2 aliphatic rings. The predicted octanol–water partition coefficient (Wildman–Crippen LogP) is 5.19. The fourth-order valence-corrected chi connectivity index (χ4v) is 41.7. The monoisotopic (exact) mass is 372 g/mol. The quantitative estimate of drug-likeness (QED) is 0.585. The van der Waals surface area contributed by atoms with E-state index >= 15 is 0 Å². The van der Waals surface area contributed by atoms with Crippen molar-refractivity contribution in [2.24, 2.45) is 0 Å². The van der Waals surface area contributed by atoms with Crippen molar-refractivity contribution in [2.75, 3.05) is 0 Å². The third-order valence-electron chi connectivity index (χ3n) is 5.55. The standard InChI is InChI=1S/2C8H13P.Zr/c2*1-5-6(2)8(4)9-7(5)3;/h2*7H,1-4H3;/q;;-2/p+2. The summed E-state index contributed by atoms with van der Waals surface area (Å²) in [5.74, 6) is 0. The van der Waals surface area contributed by atoms with Gasteiger partial charge in [0.1, 0.15) is 0 Å². The van der Waals surface area contributed by atoms with Crippen molar-refractivity contribution < 1.29 is 22.1 Å². The average molecular weight is 374 g/mol. The molecule has 0 saturated carbocycles. The third kappa shape index (κ3) is 2.70. The van der Waals surface area contributed by atoms with E-state index in [1.165, 1.54) is 0 Å². The van der Waals surface area contributed by atoms with Crippen LogP contribution in [0.5, 0.6) is 0 Å². The number of hydrogen-bond donors (Lipinski definition) is 0. The van der Waals surface area contributed by atoms with Crippen LogP contribution in [0.25, 0.3) is 0 Å². The van der Waals surface area contributed by atoms with Gasteiger partial charge in [-0.1, -0.05) is 0 Å². The molecule has 19 heavy (non-hydrogen) atoms. The molecule has 0 nitrogen and oxygen atoms in total. The van der Waals surface area contributed by atoms with E-state index in [9.17, 15) is 0 Å². The first-order valence-electron chi connectivity index (χ1n) is 7.31. The zero-order valence-electron chi connectivity index (χ0n) is 13.7. The van der Waals surface area contributed by atoms with E-state index < -0.39 is 0 Å². The van der Waals surface area contributed by atoms with Gasteiger partial charge >= 0.3 is 131 Å². The van der Waals surface area contributed by atoms with E-state index in [1.807, 2.05) is 10.6 Å². The van der Waals surface area contributed by atoms with Gasteiger partial charge in [-0.15, -0.1) is 0 Å². The van der Waals surface area contributed by atoms with Crippen LogP contribution in [0, 0.1) is 0 Å². The summed E-state index contributed by atoms with van der Waals surface area (Å²) in [5.41, 5.74) is 8.68. The molecule has 0 fully saturated rings. The second-order valence-corrected chi connectivity index (χ2v) is 25.6. The molecule has 0 aromatic carbocycles. The van der Waals surface area contributed by atoms with Crippen molar-refractivity contribution in [3.8, 4) is 0 Å². The molecule has 0 spiro atoms.